The van der Waals surface area contributed by atoms with Crippen molar-refractivity contribution in [2.24, 2.45) is 0 Å². The van der Waals surface area contributed by atoms with Crippen molar-refractivity contribution in [2.75, 3.05) is 4.72 Å². The number of hydrogen-bond donors (Lipinski definition) is 2. The fourth-order valence-electron chi connectivity index (χ4n) is 2.60. The topological polar surface area (TPSA) is 131 Å². The van der Waals surface area contributed by atoms with E-state index in [1.807, 2.05) is 0 Å². The number of H-pyrrole nitrogens is 1. The van der Waals surface area contributed by atoms with E-state index >= 15 is 0 Å². The Labute approximate surface area is 170 Å². The van der Waals surface area contributed by atoms with Crippen LogP contribution in [0.2, 0.25) is 5.02 Å². The fourth-order valence-corrected chi connectivity index (χ4v) is 5.51. The quantitative estimate of drug-likeness (QED) is 0.450. The van der Waals surface area contributed by atoms with E-state index in [1.165, 1.54) is 6.07 Å². The Morgan fingerprint density at radius 1 is 1.29 bits per heavy atom. The van der Waals surface area contributed by atoms with Gasteiger partial charge in [0.25, 0.3) is 10.0 Å². The minimum Gasteiger partial charge on any atom is -0.406 e. The molecular formula is C16H10BrClN4O5S. The van der Waals surface area contributed by atoms with Crippen LogP contribution in [0.1, 0.15) is 5.89 Å². The summed E-state index contributed by atoms with van der Waals surface area (Å²) >= 11 is 9.39. The number of oxazole rings is 1. The van der Waals surface area contributed by atoms with Crippen molar-refractivity contribution >= 4 is 54.3 Å². The molecule has 2 heterocycles. The molecule has 9 nitrogen and oxygen atoms in total. The number of benzene rings is 2. The molecule has 144 valence electrons. The molecule has 2 aromatic heterocycles. The van der Waals surface area contributed by atoms with Gasteiger partial charge in [-0.3, -0.25) is 9.71 Å². The molecular weight excluding hydrogens is 476 g/mol. The standard InChI is InChI=1S/C16H10BrClN4O5S/c1-7-19-15(21-27-7)8-3-2-4-9(5-8)22-28(24,25)14-10(17)6-11-13(12(14)18)26-16(23)20-11/h2-6,22H,1H3,(H,20,23). The van der Waals surface area contributed by atoms with Crippen molar-refractivity contribution in [3.8, 4) is 11.4 Å². The molecule has 0 saturated carbocycles. The number of aryl methyl sites for hydroxylation is 1. The maximum Gasteiger partial charge on any atom is 0.417 e. The van der Waals surface area contributed by atoms with Crippen molar-refractivity contribution in [3.63, 3.8) is 0 Å². The Hall–Kier alpha value is -2.63. The average molecular weight is 486 g/mol. The van der Waals surface area contributed by atoms with Gasteiger partial charge in [-0.25, -0.2) is 13.2 Å². The molecule has 12 heteroatoms. The van der Waals surface area contributed by atoms with E-state index in [0.29, 0.717) is 17.3 Å². The number of anilines is 1. The third-order valence-corrected chi connectivity index (χ3v) is 6.56. The summed E-state index contributed by atoms with van der Waals surface area (Å²) in [6.45, 7) is 1.65. The summed E-state index contributed by atoms with van der Waals surface area (Å²) in [5, 5.41) is 3.59. The van der Waals surface area contributed by atoms with E-state index in [9.17, 15) is 13.2 Å². The Balaban J connectivity index is 1.76. The van der Waals surface area contributed by atoms with E-state index in [0.717, 1.165) is 0 Å². The normalized spacial score (nSPS) is 11.8. The lowest BCUT2D eigenvalue weighted by Crippen LogP contribution is -2.14. The molecule has 2 N–H and O–H groups in total. The van der Waals surface area contributed by atoms with Crippen LogP contribution in [0.15, 0.2) is 53.4 Å². The Morgan fingerprint density at radius 2 is 2.07 bits per heavy atom. The zero-order valence-electron chi connectivity index (χ0n) is 14.0. The smallest absolute Gasteiger partial charge is 0.406 e. The lowest BCUT2D eigenvalue weighted by atomic mass is 10.2. The fraction of sp³-hybridized carbons (Fsp3) is 0.0625. The number of aromatic amines is 1. The van der Waals surface area contributed by atoms with Crippen LogP contribution in [0, 0.1) is 6.92 Å². The van der Waals surface area contributed by atoms with Gasteiger partial charge in [-0.05, 0) is 34.1 Å². The highest BCUT2D eigenvalue weighted by molar-refractivity contribution is 9.10. The van der Waals surface area contributed by atoms with Crippen molar-refractivity contribution in [1.82, 2.24) is 15.1 Å². The molecule has 0 spiro atoms. The highest BCUT2D eigenvalue weighted by Gasteiger charge is 2.26. The summed E-state index contributed by atoms with van der Waals surface area (Å²) in [6.07, 6.45) is 0. The average Bonchev–Trinajstić information content (AvgIpc) is 3.20. The first kappa shape index (κ1) is 18.7. The minimum absolute atomic E-state index is 0.0498. The molecule has 4 rings (SSSR count). The monoisotopic (exact) mass is 484 g/mol. The second kappa shape index (κ2) is 6.76. The van der Waals surface area contributed by atoms with Crippen LogP contribution >= 0.6 is 27.5 Å². The Morgan fingerprint density at radius 3 is 2.79 bits per heavy atom. The summed E-state index contributed by atoms with van der Waals surface area (Å²) in [7, 11) is -4.12. The minimum atomic E-state index is -4.12. The molecule has 0 radical (unpaired) electrons. The van der Waals surface area contributed by atoms with Gasteiger partial charge in [-0.15, -0.1) is 0 Å². The second-order valence-electron chi connectivity index (χ2n) is 5.72. The van der Waals surface area contributed by atoms with Crippen molar-refractivity contribution in [1.29, 1.82) is 0 Å². The number of nitrogens with zero attached hydrogens (tertiary/aromatic N) is 2. The molecule has 0 unspecified atom stereocenters. The van der Waals surface area contributed by atoms with Crippen molar-refractivity contribution in [2.45, 2.75) is 11.8 Å². The van der Waals surface area contributed by atoms with Gasteiger partial charge in [-0.1, -0.05) is 28.9 Å². The van der Waals surface area contributed by atoms with E-state index in [1.54, 1.807) is 31.2 Å². The summed E-state index contributed by atoms with van der Waals surface area (Å²) in [6, 6.07) is 7.87. The first-order chi connectivity index (χ1) is 13.2. The van der Waals surface area contributed by atoms with Gasteiger partial charge in [0.05, 0.1) is 5.52 Å². The molecule has 0 fully saturated rings. The van der Waals surface area contributed by atoms with E-state index in [2.05, 4.69) is 35.8 Å². The number of aromatic nitrogens is 3. The number of nitrogens with one attached hydrogen (secondary N) is 2. The Bertz CT molecular complexity index is 1380. The van der Waals surface area contributed by atoms with Crippen LogP contribution < -0.4 is 10.5 Å². The number of fused-ring (bicyclic) bond motifs is 1. The van der Waals surface area contributed by atoms with Gasteiger partial charge in [-0.2, -0.15) is 4.98 Å². The van der Waals surface area contributed by atoms with Gasteiger partial charge in [0, 0.05) is 22.6 Å². The van der Waals surface area contributed by atoms with E-state index in [-0.39, 0.29) is 31.2 Å². The third kappa shape index (κ3) is 3.32. The third-order valence-electron chi connectivity index (χ3n) is 3.73. The predicted octanol–water partition coefficient (Wildman–Crippen LogP) is 3.70. The molecule has 0 aliphatic rings. The number of hydrogen-bond acceptors (Lipinski definition) is 7. The first-order valence-electron chi connectivity index (χ1n) is 7.69. The van der Waals surface area contributed by atoms with E-state index in [4.69, 9.17) is 20.5 Å². The van der Waals surface area contributed by atoms with Gasteiger partial charge in [0.1, 0.15) is 9.92 Å². The van der Waals surface area contributed by atoms with Crippen molar-refractivity contribution in [3.05, 3.63) is 56.3 Å². The van der Waals surface area contributed by atoms with Crippen LogP contribution in [0.5, 0.6) is 0 Å². The summed E-state index contributed by atoms with van der Waals surface area (Å²) in [4.78, 5) is 17.7. The molecule has 0 amide bonds. The van der Waals surface area contributed by atoms with Crippen LogP contribution in [0.25, 0.3) is 22.5 Å². The largest absolute Gasteiger partial charge is 0.417 e. The number of halogens is 2. The lowest BCUT2D eigenvalue weighted by molar-refractivity contribution is 0.394. The molecule has 0 atom stereocenters. The van der Waals surface area contributed by atoms with Gasteiger partial charge in [0.2, 0.25) is 11.7 Å². The van der Waals surface area contributed by atoms with Crippen LogP contribution in [0.3, 0.4) is 0 Å². The predicted molar refractivity (Wildman–Crippen MR) is 105 cm³/mol. The zero-order valence-corrected chi connectivity index (χ0v) is 17.1. The molecule has 28 heavy (non-hydrogen) atoms. The first-order valence-corrected chi connectivity index (χ1v) is 10.3. The van der Waals surface area contributed by atoms with E-state index < -0.39 is 15.8 Å². The van der Waals surface area contributed by atoms with Crippen molar-refractivity contribution < 1.29 is 17.4 Å². The van der Waals surface area contributed by atoms with Crippen LogP contribution in [-0.2, 0) is 10.0 Å². The Kier molecular flexibility index (Phi) is 4.52. The summed E-state index contributed by atoms with van der Waals surface area (Å²) in [5.74, 6) is -0.0271. The lowest BCUT2D eigenvalue weighted by Gasteiger charge is -2.12. The van der Waals surface area contributed by atoms with Gasteiger partial charge >= 0.3 is 5.76 Å². The zero-order chi connectivity index (χ0) is 20.1. The molecule has 4 aromatic rings. The van der Waals surface area contributed by atoms with Crippen LogP contribution in [0.4, 0.5) is 5.69 Å². The molecule has 2 aromatic carbocycles. The van der Waals surface area contributed by atoms with Gasteiger partial charge < -0.3 is 8.94 Å². The maximum absolute atomic E-state index is 12.9. The molecule has 0 saturated heterocycles. The SMILES string of the molecule is Cc1nc(-c2cccc(NS(=O)(=O)c3c(Br)cc4[nH]c(=O)oc4c3Cl)c2)no1. The van der Waals surface area contributed by atoms with Crippen LogP contribution in [-0.4, -0.2) is 23.5 Å². The summed E-state index contributed by atoms with van der Waals surface area (Å²) in [5.41, 5.74) is 1.05. The number of rotatable bonds is 4. The molecule has 0 bridgehead atoms. The number of sulfonamides is 1. The second-order valence-corrected chi connectivity index (χ2v) is 8.57. The highest BCUT2D eigenvalue weighted by atomic mass is 79.9. The molecule has 0 aliphatic heterocycles. The summed E-state index contributed by atoms with van der Waals surface area (Å²) < 4.78 is 38.4. The van der Waals surface area contributed by atoms with Gasteiger partial charge in [0.15, 0.2) is 5.58 Å². The maximum atomic E-state index is 12.9. The molecule has 0 aliphatic carbocycles. The highest BCUT2D eigenvalue weighted by Crippen LogP contribution is 2.36.